The fourth-order valence-electron chi connectivity index (χ4n) is 4.10. The maximum atomic E-state index is 12.3. The fourth-order valence-corrected chi connectivity index (χ4v) is 5.35. The summed E-state index contributed by atoms with van der Waals surface area (Å²) in [7, 11) is -3.52. The molecule has 0 spiro atoms. The number of carbonyl (C=O) groups excluding carboxylic acids is 1. The minimum atomic E-state index is -3.52. The standard InChI is InChI=1S/C23H27N3O3S/c1-16(18-13-12-17-7-2-3-8-19(17)15-18)25-22(27)11-6-14-24-23-20-9-4-5-10-21(20)30(28,29)26-23/h4-5,9-10,12-13,15-16H,2-3,6-8,11,14H2,1H3,(H,24,26)(H,25,27)/t16-/m0/s1. The first-order valence-corrected chi connectivity index (χ1v) is 12.0. The van der Waals surface area contributed by atoms with Crippen molar-refractivity contribution in [1.82, 2.24) is 10.0 Å². The van der Waals surface area contributed by atoms with Gasteiger partial charge in [0.1, 0.15) is 5.84 Å². The van der Waals surface area contributed by atoms with Crippen LogP contribution >= 0.6 is 0 Å². The molecule has 6 nitrogen and oxygen atoms in total. The summed E-state index contributed by atoms with van der Waals surface area (Å²) < 4.78 is 26.7. The lowest BCUT2D eigenvalue weighted by atomic mass is 9.89. The predicted octanol–water partition coefficient (Wildman–Crippen LogP) is 3.26. The van der Waals surface area contributed by atoms with Gasteiger partial charge in [-0.05, 0) is 67.9 Å². The number of nitrogens with one attached hydrogen (secondary N) is 2. The molecule has 7 heteroatoms. The number of rotatable bonds is 6. The first-order chi connectivity index (χ1) is 14.4. The summed E-state index contributed by atoms with van der Waals surface area (Å²) in [4.78, 5) is 17.0. The highest BCUT2D eigenvalue weighted by Crippen LogP contribution is 2.25. The monoisotopic (exact) mass is 425 g/mol. The Hall–Kier alpha value is -2.67. The molecule has 1 aliphatic heterocycles. The molecule has 0 aromatic heterocycles. The Kier molecular flexibility index (Phi) is 5.90. The van der Waals surface area contributed by atoms with Crippen LogP contribution in [0.1, 0.15) is 60.9 Å². The number of amides is 1. The van der Waals surface area contributed by atoms with Crippen LogP contribution in [-0.2, 0) is 27.7 Å². The highest BCUT2D eigenvalue weighted by Gasteiger charge is 2.29. The van der Waals surface area contributed by atoms with Crippen molar-refractivity contribution < 1.29 is 13.2 Å². The molecule has 2 N–H and O–H groups in total. The highest BCUT2D eigenvalue weighted by molar-refractivity contribution is 7.90. The molecule has 4 rings (SSSR count). The molecule has 2 aromatic carbocycles. The van der Waals surface area contributed by atoms with E-state index in [1.807, 2.05) is 6.92 Å². The molecule has 2 aromatic rings. The molecule has 158 valence electrons. The van der Waals surface area contributed by atoms with E-state index in [1.54, 1.807) is 24.3 Å². The van der Waals surface area contributed by atoms with Crippen molar-refractivity contribution in [3.8, 4) is 0 Å². The largest absolute Gasteiger partial charge is 0.350 e. The van der Waals surface area contributed by atoms with Crippen LogP contribution in [0.25, 0.3) is 0 Å². The molecule has 1 amide bonds. The molecule has 0 radical (unpaired) electrons. The summed E-state index contributed by atoms with van der Waals surface area (Å²) in [5, 5.41) is 3.06. The van der Waals surface area contributed by atoms with Crippen LogP contribution in [0.5, 0.6) is 0 Å². The molecule has 1 atom stereocenters. The smallest absolute Gasteiger partial charge is 0.263 e. The molecule has 2 aliphatic rings. The Morgan fingerprint density at radius 3 is 2.73 bits per heavy atom. The van der Waals surface area contributed by atoms with Crippen LogP contribution < -0.4 is 10.0 Å². The first-order valence-electron chi connectivity index (χ1n) is 10.5. The van der Waals surface area contributed by atoms with E-state index in [0.717, 1.165) is 18.4 Å². The third kappa shape index (κ3) is 4.41. The van der Waals surface area contributed by atoms with Gasteiger partial charge in [0.05, 0.1) is 10.9 Å². The number of carbonyl (C=O) groups is 1. The third-order valence-electron chi connectivity index (χ3n) is 5.74. The SMILES string of the molecule is C[C@H](NC(=O)CCCN=C1NS(=O)(=O)c2ccccc21)c1ccc2c(c1)CCCC2. The van der Waals surface area contributed by atoms with E-state index in [-0.39, 0.29) is 16.8 Å². The number of nitrogens with zero attached hydrogens (tertiary/aromatic N) is 1. The van der Waals surface area contributed by atoms with E-state index in [1.165, 1.54) is 24.0 Å². The number of aliphatic imine (C=N–C) groups is 1. The Labute approximate surface area is 177 Å². The third-order valence-corrected chi connectivity index (χ3v) is 7.14. The normalized spacial score (nSPS) is 18.9. The molecule has 1 heterocycles. The summed E-state index contributed by atoms with van der Waals surface area (Å²) in [6.07, 6.45) is 5.67. The van der Waals surface area contributed by atoms with Gasteiger partial charge in [-0.3, -0.25) is 14.5 Å². The van der Waals surface area contributed by atoms with Crippen molar-refractivity contribution in [3.63, 3.8) is 0 Å². The minimum Gasteiger partial charge on any atom is -0.350 e. The summed E-state index contributed by atoms with van der Waals surface area (Å²) in [5.41, 5.74) is 4.57. The lowest BCUT2D eigenvalue weighted by Crippen LogP contribution is -2.27. The Morgan fingerprint density at radius 1 is 1.13 bits per heavy atom. The summed E-state index contributed by atoms with van der Waals surface area (Å²) in [5.74, 6) is 0.334. The first kappa shape index (κ1) is 20.6. The number of sulfonamides is 1. The number of fused-ring (bicyclic) bond motifs is 2. The number of benzene rings is 2. The second-order valence-corrected chi connectivity index (χ2v) is 9.61. The summed E-state index contributed by atoms with van der Waals surface area (Å²) >= 11 is 0. The lowest BCUT2D eigenvalue weighted by molar-refractivity contribution is -0.121. The maximum Gasteiger partial charge on any atom is 0.263 e. The van der Waals surface area contributed by atoms with Crippen LogP contribution in [0.4, 0.5) is 0 Å². The van der Waals surface area contributed by atoms with Crippen LogP contribution in [-0.4, -0.2) is 26.7 Å². The van der Waals surface area contributed by atoms with Gasteiger partial charge >= 0.3 is 0 Å². The second-order valence-electron chi connectivity index (χ2n) is 7.96. The van der Waals surface area contributed by atoms with Gasteiger partial charge in [-0.2, -0.15) is 0 Å². The summed E-state index contributed by atoms with van der Waals surface area (Å²) in [6, 6.07) is 13.3. The average molecular weight is 426 g/mol. The zero-order valence-corrected chi connectivity index (χ0v) is 18.0. The van der Waals surface area contributed by atoms with Crippen molar-refractivity contribution in [3.05, 3.63) is 64.7 Å². The quantitative estimate of drug-likeness (QED) is 0.697. The molecular formula is C23H27N3O3S. The van der Waals surface area contributed by atoms with Gasteiger partial charge in [-0.15, -0.1) is 0 Å². The molecular weight excluding hydrogens is 398 g/mol. The topological polar surface area (TPSA) is 87.6 Å². The fraction of sp³-hybridized carbons (Fsp3) is 0.391. The molecule has 0 fully saturated rings. The number of hydrogen-bond donors (Lipinski definition) is 2. The highest BCUT2D eigenvalue weighted by atomic mass is 32.2. The van der Waals surface area contributed by atoms with Crippen molar-refractivity contribution in [1.29, 1.82) is 0 Å². The van der Waals surface area contributed by atoms with Gasteiger partial charge in [0.25, 0.3) is 10.0 Å². The van der Waals surface area contributed by atoms with Crippen molar-refractivity contribution in [2.75, 3.05) is 6.54 Å². The number of aryl methyl sites for hydroxylation is 2. The minimum absolute atomic E-state index is 0.0205. The molecule has 1 aliphatic carbocycles. The Bertz CT molecular complexity index is 1090. The van der Waals surface area contributed by atoms with Crippen LogP contribution in [0.2, 0.25) is 0 Å². The van der Waals surface area contributed by atoms with Crippen LogP contribution in [0.15, 0.2) is 52.4 Å². The van der Waals surface area contributed by atoms with E-state index in [0.29, 0.717) is 30.8 Å². The average Bonchev–Trinajstić information content (AvgIpc) is 3.01. The van der Waals surface area contributed by atoms with E-state index < -0.39 is 10.0 Å². The van der Waals surface area contributed by atoms with E-state index in [2.05, 4.69) is 33.2 Å². The van der Waals surface area contributed by atoms with Crippen molar-refractivity contribution in [2.24, 2.45) is 4.99 Å². The van der Waals surface area contributed by atoms with Gasteiger partial charge in [-0.1, -0.05) is 30.3 Å². The van der Waals surface area contributed by atoms with E-state index >= 15 is 0 Å². The second kappa shape index (κ2) is 8.60. The van der Waals surface area contributed by atoms with Gasteiger partial charge in [0.2, 0.25) is 5.91 Å². The molecule has 0 saturated carbocycles. The lowest BCUT2D eigenvalue weighted by Gasteiger charge is -2.20. The van der Waals surface area contributed by atoms with Gasteiger partial charge in [0, 0.05) is 18.5 Å². The summed E-state index contributed by atoms with van der Waals surface area (Å²) in [6.45, 7) is 2.39. The van der Waals surface area contributed by atoms with E-state index in [4.69, 9.17) is 0 Å². The predicted molar refractivity (Wildman–Crippen MR) is 117 cm³/mol. The van der Waals surface area contributed by atoms with Gasteiger partial charge < -0.3 is 5.32 Å². The van der Waals surface area contributed by atoms with Gasteiger partial charge in [0.15, 0.2) is 0 Å². The van der Waals surface area contributed by atoms with Crippen molar-refractivity contribution >= 4 is 21.8 Å². The van der Waals surface area contributed by atoms with Crippen LogP contribution in [0.3, 0.4) is 0 Å². The maximum absolute atomic E-state index is 12.3. The molecule has 0 bridgehead atoms. The zero-order chi connectivity index (χ0) is 21.1. The van der Waals surface area contributed by atoms with Crippen molar-refractivity contribution in [2.45, 2.75) is 56.4 Å². The van der Waals surface area contributed by atoms with E-state index in [9.17, 15) is 13.2 Å². The molecule has 0 unspecified atom stereocenters. The molecule has 30 heavy (non-hydrogen) atoms. The Balaban J connectivity index is 1.29. The number of hydrogen-bond acceptors (Lipinski definition) is 4. The van der Waals surface area contributed by atoms with Gasteiger partial charge in [-0.25, -0.2) is 8.42 Å². The molecule has 0 saturated heterocycles. The van der Waals surface area contributed by atoms with Crippen LogP contribution in [0, 0.1) is 0 Å². The Morgan fingerprint density at radius 2 is 1.90 bits per heavy atom. The number of amidine groups is 1. The zero-order valence-electron chi connectivity index (χ0n) is 17.1.